The van der Waals surface area contributed by atoms with Gasteiger partial charge in [0.25, 0.3) is 5.22 Å². The van der Waals surface area contributed by atoms with Crippen LogP contribution in [0.15, 0.2) is 40.0 Å². The van der Waals surface area contributed by atoms with Crippen LogP contribution >= 0.6 is 11.8 Å². The summed E-state index contributed by atoms with van der Waals surface area (Å²) in [6.45, 7) is 1.88. The van der Waals surface area contributed by atoms with Crippen molar-refractivity contribution < 1.29 is 13.9 Å². The summed E-state index contributed by atoms with van der Waals surface area (Å²) < 4.78 is 10.6. The molecule has 0 radical (unpaired) electrons. The van der Waals surface area contributed by atoms with E-state index in [4.69, 9.17) is 9.15 Å². The smallest absolute Gasteiger partial charge is 0.320 e. The number of nitrogens with zero attached hydrogens (tertiary/aromatic N) is 2. The Balaban J connectivity index is 1.74. The highest BCUT2D eigenvalue weighted by atomic mass is 32.2. The minimum atomic E-state index is -0.251. The number of hydrogen-bond donors (Lipinski definition) is 0. The van der Waals surface area contributed by atoms with Crippen LogP contribution in [0, 0.1) is 0 Å². The minimum absolute atomic E-state index is 0.0403. The topological polar surface area (TPSA) is 65.2 Å². The van der Waals surface area contributed by atoms with Crippen molar-refractivity contribution in [2.45, 2.75) is 29.9 Å². The lowest BCUT2D eigenvalue weighted by Crippen LogP contribution is -2.09. The third kappa shape index (κ3) is 2.63. The van der Waals surface area contributed by atoms with Crippen LogP contribution in [0.1, 0.15) is 13.3 Å². The summed E-state index contributed by atoms with van der Waals surface area (Å²) in [5, 5.41) is 8.08. The lowest BCUT2D eigenvalue weighted by molar-refractivity contribution is -0.140. The predicted molar refractivity (Wildman–Crippen MR) is 69.6 cm³/mol. The number of rotatable bonds is 3. The quantitative estimate of drug-likeness (QED) is 0.803. The van der Waals surface area contributed by atoms with E-state index in [1.165, 1.54) is 11.8 Å². The standard InChI is InChI=1S/C13H12N2O3S/c1-8-7-10(12(16)17-8)19-13-15-14-11(18-13)9-5-3-2-4-6-9/h2-6,8,10H,7H2,1H3/t8-,10-/m1/s1. The van der Waals surface area contributed by atoms with Crippen LogP contribution in [0.4, 0.5) is 0 Å². The van der Waals surface area contributed by atoms with Crippen molar-refractivity contribution in [2.75, 3.05) is 0 Å². The second-order valence-electron chi connectivity index (χ2n) is 4.33. The Bertz CT molecular complexity index is 585. The van der Waals surface area contributed by atoms with Gasteiger partial charge in [0.05, 0.1) is 0 Å². The molecule has 1 aliphatic heterocycles. The van der Waals surface area contributed by atoms with Gasteiger partial charge in [-0.3, -0.25) is 4.79 Å². The molecule has 0 unspecified atom stereocenters. The van der Waals surface area contributed by atoms with Gasteiger partial charge in [-0.1, -0.05) is 18.2 Å². The zero-order valence-electron chi connectivity index (χ0n) is 10.3. The van der Waals surface area contributed by atoms with Gasteiger partial charge in [-0.05, 0) is 30.8 Å². The maximum Gasteiger partial charge on any atom is 0.320 e. The van der Waals surface area contributed by atoms with Gasteiger partial charge >= 0.3 is 5.97 Å². The van der Waals surface area contributed by atoms with Crippen LogP contribution in [0.3, 0.4) is 0 Å². The molecule has 0 bridgehead atoms. The summed E-state index contributed by atoms with van der Waals surface area (Å²) in [6, 6.07) is 9.53. The monoisotopic (exact) mass is 276 g/mol. The van der Waals surface area contributed by atoms with Crippen LogP contribution in [-0.2, 0) is 9.53 Å². The summed E-state index contributed by atoms with van der Waals surface area (Å²) in [5.74, 6) is 0.250. The molecule has 98 valence electrons. The van der Waals surface area contributed by atoms with Crippen LogP contribution in [0.5, 0.6) is 0 Å². The summed E-state index contributed by atoms with van der Waals surface area (Å²) in [5.41, 5.74) is 0.865. The van der Waals surface area contributed by atoms with Crippen LogP contribution in [0.25, 0.3) is 11.5 Å². The van der Waals surface area contributed by atoms with E-state index in [1.807, 2.05) is 37.3 Å². The first-order chi connectivity index (χ1) is 9.22. The van der Waals surface area contributed by atoms with Crippen molar-refractivity contribution in [1.29, 1.82) is 0 Å². The zero-order chi connectivity index (χ0) is 13.2. The van der Waals surface area contributed by atoms with E-state index in [2.05, 4.69) is 10.2 Å². The maximum atomic E-state index is 11.5. The molecule has 2 aromatic rings. The summed E-state index contributed by atoms with van der Waals surface area (Å²) >= 11 is 1.26. The Kier molecular flexibility index (Phi) is 3.25. The number of cyclic esters (lactones) is 1. The van der Waals surface area contributed by atoms with Crippen molar-refractivity contribution in [3.8, 4) is 11.5 Å². The fraction of sp³-hybridized carbons (Fsp3) is 0.308. The number of esters is 1. The van der Waals surface area contributed by atoms with Gasteiger partial charge in [-0.15, -0.1) is 10.2 Å². The lowest BCUT2D eigenvalue weighted by Gasteiger charge is -1.99. The van der Waals surface area contributed by atoms with Gasteiger partial charge in [0.2, 0.25) is 5.89 Å². The first-order valence-electron chi connectivity index (χ1n) is 5.98. The van der Waals surface area contributed by atoms with Gasteiger partial charge in [0.1, 0.15) is 11.4 Å². The molecule has 1 fully saturated rings. The van der Waals surface area contributed by atoms with Crippen LogP contribution in [-0.4, -0.2) is 27.5 Å². The molecule has 6 heteroatoms. The molecule has 0 N–H and O–H groups in total. The third-order valence-corrected chi connectivity index (χ3v) is 3.83. The van der Waals surface area contributed by atoms with Crippen molar-refractivity contribution >= 4 is 17.7 Å². The molecule has 19 heavy (non-hydrogen) atoms. The summed E-state index contributed by atoms with van der Waals surface area (Å²) in [7, 11) is 0. The number of ether oxygens (including phenoxy) is 1. The summed E-state index contributed by atoms with van der Waals surface area (Å²) in [6.07, 6.45) is 0.633. The Morgan fingerprint density at radius 1 is 1.26 bits per heavy atom. The van der Waals surface area contributed by atoms with Crippen LogP contribution < -0.4 is 0 Å². The van der Waals surface area contributed by atoms with E-state index in [0.29, 0.717) is 17.5 Å². The van der Waals surface area contributed by atoms with E-state index in [0.717, 1.165) is 5.56 Å². The van der Waals surface area contributed by atoms with Crippen molar-refractivity contribution in [3.63, 3.8) is 0 Å². The lowest BCUT2D eigenvalue weighted by atomic mass is 10.2. The fourth-order valence-electron chi connectivity index (χ4n) is 1.89. The molecule has 0 aliphatic carbocycles. The highest BCUT2D eigenvalue weighted by molar-refractivity contribution is 8.00. The molecule has 1 aromatic carbocycles. The van der Waals surface area contributed by atoms with Crippen molar-refractivity contribution in [2.24, 2.45) is 0 Å². The molecule has 5 nitrogen and oxygen atoms in total. The highest BCUT2D eigenvalue weighted by Gasteiger charge is 2.34. The molecular formula is C13H12N2O3S. The molecule has 0 amide bonds. The number of carbonyl (C=O) groups excluding carboxylic acids is 1. The number of benzene rings is 1. The first kappa shape index (κ1) is 12.2. The van der Waals surface area contributed by atoms with Gasteiger partial charge in [0, 0.05) is 12.0 Å². The van der Waals surface area contributed by atoms with E-state index >= 15 is 0 Å². The Morgan fingerprint density at radius 2 is 2.05 bits per heavy atom. The Labute approximate surface area is 114 Å². The molecule has 0 spiro atoms. The summed E-state index contributed by atoms with van der Waals surface area (Å²) in [4.78, 5) is 11.5. The molecule has 1 aliphatic rings. The second-order valence-corrected chi connectivity index (χ2v) is 5.48. The van der Waals surface area contributed by atoms with E-state index < -0.39 is 0 Å². The minimum Gasteiger partial charge on any atom is -0.462 e. The molecular weight excluding hydrogens is 264 g/mol. The molecule has 3 rings (SSSR count). The number of aromatic nitrogens is 2. The van der Waals surface area contributed by atoms with E-state index in [-0.39, 0.29) is 17.3 Å². The third-order valence-electron chi connectivity index (χ3n) is 2.80. The SMILES string of the molecule is C[C@@H]1C[C@@H](Sc2nnc(-c3ccccc3)o2)C(=O)O1. The number of carbonyl (C=O) groups is 1. The average molecular weight is 276 g/mol. The van der Waals surface area contributed by atoms with Gasteiger partial charge in [0.15, 0.2) is 0 Å². The number of hydrogen-bond acceptors (Lipinski definition) is 6. The highest BCUT2D eigenvalue weighted by Crippen LogP contribution is 2.32. The average Bonchev–Trinajstić information content (AvgIpc) is 2.99. The van der Waals surface area contributed by atoms with Crippen molar-refractivity contribution in [1.82, 2.24) is 10.2 Å². The van der Waals surface area contributed by atoms with Gasteiger partial charge in [-0.25, -0.2) is 0 Å². The molecule has 1 saturated heterocycles. The maximum absolute atomic E-state index is 11.5. The number of thioether (sulfide) groups is 1. The van der Waals surface area contributed by atoms with Gasteiger partial charge < -0.3 is 9.15 Å². The molecule has 2 heterocycles. The Morgan fingerprint density at radius 3 is 2.74 bits per heavy atom. The Hall–Kier alpha value is -1.82. The largest absolute Gasteiger partial charge is 0.462 e. The molecule has 2 atom stereocenters. The van der Waals surface area contributed by atoms with Gasteiger partial charge in [-0.2, -0.15) is 0 Å². The van der Waals surface area contributed by atoms with E-state index in [1.54, 1.807) is 0 Å². The fourth-order valence-corrected chi connectivity index (χ4v) is 2.87. The van der Waals surface area contributed by atoms with E-state index in [9.17, 15) is 4.79 Å². The van der Waals surface area contributed by atoms with Crippen LogP contribution in [0.2, 0.25) is 0 Å². The predicted octanol–water partition coefficient (Wildman–Crippen LogP) is 2.53. The second kappa shape index (κ2) is 5.05. The molecule has 0 saturated carbocycles. The normalized spacial score (nSPS) is 22.5. The molecule has 1 aromatic heterocycles. The van der Waals surface area contributed by atoms with Crippen molar-refractivity contribution in [3.05, 3.63) is 30.3 Å². The zero-order valence-corrected chi connectivity index (χ0v) is 11.1. The first-order valence-corrected chi connectivity index (χ1v) is 6.86.